The van der Waals surface area contributed by atoms with E-state index in [9.17, 15) is 29.1 Å². The lowest BCUT2D eigenvalue weighted by Crippen LogP contribution is -2.61. The Kier molecular flexibility index (Phi) is 13.6. The summed E-state index contributed by atoms with van der Waals surface area (Å²) in [5.41, 5.74) is -0.112. The molecule has 0 saturated carbocycles. The zero-order valence-electron chi connectivity index (χ0n) is 27.1. The van der Waals surface area contributed by atoms with Crippen LogP contribution in [0.3, 0.4) is 0 Å². The molecule has 0 radical (unpaired) electrons. The Bertz CT molecular complexity index is 1170. The molecule has 0 aliphatic carbocycles. The van der Waals surface area contributed by atoms with Crippen LogP contribution in [-0.2, 0) is 29.4 Å². The number of likely N-dealkylation sites (N-methyl/N-ethyl adjacent to an activating group) is 2. The summed E-state index contributed by atoms with van der Waals surface area (Å²) in [4.78, 5) is 64.5. The monoisotopic (exact) mass is 602 g/mol. The van der Waals surface area contributed by atoms with Crippen molar-refractivity contribution in [3.05, 3.63) is 47.5 Å². The van der Waals surface area contributed by atoms with Crippen molar-refractivity contribution >= 4 is 29.7 Å². The van der Waals surface area contributed by atoms with Gasteiger partial charge in [0.05, 0.1) is 12.1 Å². The Labute approximate surface area is 255 Å². The van der Waals surface area contributed by atoms with Crippen molar-refractivity contribution in [2.45, 2.75) is 97.8 Å². The van der Waals surface area contributed by atoms with E-state index in [4.69, 9.17) is 5.11 Å². The predicted octanol–water partition coefficient (Wildman–Crippen LogP) is 2.95. The number of hydrogen-bond acceptors (Lipinski definition) is 6. The van der Waals surface area contributed by atoms with Crippen LogP contribution in [0.15, 0.2) is 42.0 Å². The highest BCUT2D eigenvalue weighted by atomic mass is 16.4. The number of rotatable bonds is 15. The van der Waals surface area contributed by atoms with Gasteiger partial charge in [0.2, 0.25) is 17.7 Å². The maximum atomic E-state index is 14.0. The number of hydrogen-bond donors (Lipinski definition) is 5. The summed E-state index contributed by atoms with van der Waals surface area (Å²) >= 11 is 0. The molecule has 0 aromatic heterocycles. The SMILES string of the molecule is CN[C@H](C(=O)NC(C(=O)N(C)[C@H](/C=C(\C)C(=O)N[C@H](CCC(=O)O)C(=O)O)C(C)C)C(C)(C)C)C(C)(C)c1ccccc1. The quantitative estimate of drug-likeness (QED) is 0.191. The lowest BCUT2D eigenvalue weighted by atomic mass is 9.76. The number of aliphatic carboxylic acids is 2. The highest BCUT2D eigenvalue weighted by molar-refractivity contribution is 5.96. The minimum atomic E-state index is -1.37. The van der Waals surface area contributed by atoms with E-state index in [1.807, 2.05) is 78.8 Å². The minimum absolute atomic E-state index is 0.141. The van der Waals surface area contributed by atoms with Crippen LogP contribution in [0.4, 0.5) is 0 Å². The Morgan fingerprint density at radius 2 is 1.49 bits per heavy atom. The maximum Gasteiger partial charge on any atom is 0.326 e. The Morgan fingerprint density at radius 1 is 0.930 bits per heavy atom. The third kappa shape index (κ3) is 10.5. The summed E-state index contributed by atoms with van der Waals surface area (Å²) < 4.78 is 0. The second kappa shape index (κ2) is 15.7. The van der Waals surface area contributed by atoms with Crippen molar-refractivity contribution in [1.82, 2.24) is 20.9 Å². The topological polar surface area (TPSA) is 165 Å². The molecule has 43 heavy (non-hydrogen) atoms. The largest absolute Gasteiger partial charge is 0.481 e. The normalized spacial score (nSPS) is 15.2. The van der Waals surface area contributed by atoms with Crippen molar-refractivity contribution in [3.8, 4) is 0 Å². The molecule has 0 heterocycles. The van der Waals surface area contributed by atoms with Crippen molar-refractivity contribution in [2.75, 3.05) is 14.1 Å². The molecule has 1 rings (SSSR count). The number of carboxylic acids is 2. The fourth-order valence-corrected chi connectivity index (χ4v) is 4.96. The number of nitrogens with zero attached hydrogens (tertiary/aromatic N) is 1. The molecule has 11 nitrogen and oxygen atoms in total. The van der Waals surface area contributed by atoms with E-state index in [1.54, 1.807) is 20.2 Å². The van der Waals surface area contributed by atoms with Gasteiger partial charge in [-0.15, -0.1) is 0 Å². The molecule has 4 atom stereocenters. The summed E-state index contributed by atoms with van der Waals surface area (Å²) in [7, 11) is 3.31. The Hall–Kier alpha value is -3.73. The summed E-state index contributed by atoms with van der Waals surface area (Å²) in [5, 5.41) is 26.8. The third-order valence-electron chi connectivity index (χ3n) is 7.70. The van der Waals surface area contributed by atoms with Gasteiger partial charge in [-0.2, -0.15) is 0 Å². The molecule has 0 aliphatic rings. The van der Waals surface area contributed by atoms with Crippen LogP contribution in [0.25, 0.3) is 0 Å². The van der Waals surface area contributed by atoms with Gasteiger partial charge in [-0.25, -0.2) is 4.79 Å². The lowest BCUT2D eigenvalue weighted by Gasteiger charge is -2.40. The molecule has 1 aromatic rings. The third-order valence-corrected chi connectivity index (χ3v) is 7.70. The van der Waals surface area contributed by atoms with Crippen molar-refractivity contribution in [3.63, 3.8) is 0 Å². The molecule has 1 unspecified atom stereocenters. The van der Waals surface area contributed by atoms with E-state index < -0.39 is 59.3 Å². The Morgan fingerprint density at radius 3 is 1.93 bits per heavy atom. The van der Waals surface area contributed by atoms with Crippen molar-refractivity contribution in [1.29, 1.82) is 0 Å². The van der Waals surface area contributed by atoms with Crippen LogP contribution in [0.1, 0.15) is 73.8 Å². The number of carboxylic acid groups (broad SMARTS) is 2. The number of carbonyl (C=O) groups excluding carboxylic acids is 3. The van der Waals surface area contributed by atoms with Gasteiger partial charge in [-0.05, 0) is 37.3 Å². The van der Waals surface area contributed by atoms with Crippen LogP contribution < -0.4 is 16.0 Å². The van der Waals surface area contributed by atoms with E-state index in [1.165, 1.54) is 11.8 Å². The number of nitrogens with one attached hydrogen (secondary N) is 3. The molecule has 0 saturated heterocycles. The molecule has 5 N–H and O–H groups in total. The highest BCUT2D eigenvalue weighted by Gasteiger charge is 2.41. The zero-order valence-corrected chi connectivity index (χ0v) is 27.1. The number of carbonyl (C=O) groups is 5. The summed E-state index contributed by atoms with van der Waals surface area (Å²) in [6.07, 6.45) is 0.907. The fraction of sp³-hybridized carbons (Fsp3) is 0.594. The maximum absolute atomic E-state index is 14.0. The van der Waals surface area contributed by atoms with Crippen molar-refractivity contribution < 1.29 is 34.2 Å². The highest BCUT2D eigenvalue weighted by Crippen LogP contribution is 2.29. The van der Waals surface area contributed by atoms with E-state index in [0.717, 1.165) is 5.56 Å². The molecule has 0 aliphatic heterocycles. The van der Waals surface area contributed by atoms with Gasteiger partial charge in [-0.3, -0.25) is 19.2 Å². The van der Waals surface area contributed by atoms with Gasteiger partial charge in [0.15, 0.2) is 0 Å². The van der Waals surface area contributed by atoms with Crippen LogP contribution in [0.5, 0.6) is 0 Å². The number of amides is 3. The molecule has 0 bridgehead atoms. The molecule has 1 aromatic carbocycles. The first-order chi connectivity index (χ1) is 19.7. The smallest absolute Gasteiger partial charge is 0.326 e. The van der Waals surface area contributed by atoms with E-state index in [-0.39, 0.29) is 29.7 Å². The van der Waals surface area contributed by atoms with Gasteiger partial charge in [-0.1, -0.05) is 84.9 Å². The molecular weight excluding hydrogens is 552 g/mol. The second-order valence-electron chi connectivity index (χ2n) is 12.9. The van der Waals surface area contributed by atoms with Crippen LogP contribution in [0, 0.1) is 11.3 Å². The molecule has 3 amide bonds. The fourth-order valence-electron chi connectivity index (χ4n) is 4.96. The molecule has 0 fully saturated rings. The predicted molar refractivity (Wildman–Crippen MR) is 165 cm³/mol. The van der Waals surface area contributed by atoms with Gasteiger partial charge >= 0.3 is 11.9 Å². The average molecular weight is 603 g/mol. The second-order valence-corrected chi connectivity index (χ2v) is 12.9. The number of benzene rings is 1. The molecule has 0 spiro atoms. The van der Waals surface area contributed by atoms with Gasteiger partial charge in [0, 0.05) is 24.5 Å². The van der Waals surface area contributed by atoms with Crippen LogP contribution >= 0.6 is 0 Å². The van der Waals surface area contributed by atoms with E-state index in [0.29, 0.717) is 0 Å². The van der Waals surface area contributed by atoms with E-state index >= 15 is 0 Å². The van der Waals surface area contributed by atoms with Gasteiger partial charge in [0.25, 0.3) is 0 Å². The average Bonchev–Trinajstić information content (AvgIpc) is 2.91. The zero-order chi connectivity index (χ0) is 33.3. The lowest BCUT2D eigenvalue weighted by molar-refractivity contribution is -0.142. The summed E-state index contributed by atoms with van der Waals surface area (Å²) in [5.74, 6) is -4.00. The first kappa shape index (κ1) is 37.3. The van der Waals surface area contributed by atoms with Gasteiger partial charge in [0.1, 0.15) is 12.1 Å². The molecular formula is C32H50N4O7. The molecule has 11 heteroatoms. The first-order valence-corrected chi connectivity index (χ1v) is 14.5. The van der Waals surface area contributed by atoms with Crippen LogP contribution in [-0.4, -0.2) is 83.0 Å². The summed E-state index contributed by atoms with van der Waals surface area (Å²) in [6.45, 7) is 14.8. The Balaban J connectivity index is 3.27. The van der Waals surface area contributed by atoms with Crippen molar-refractivity contribution in [2.24, 2.45) is 11.3 Å². The minimum Gasteiger partial charge on any atom is -0.481 e. The first-order valence-electron chi connectivity index (χ1n) is 14.5. The molecule has 240 valence electrons. The summed E-state index contributed by atoms with van der Waals surface area (Å²) in [6, 6.07) is 6.17. The van der Waals surface area contributed by atoms with E-state index in [2.05, 4.69) is 16.0 Å². The van der Waals surface area contributed by atoms with Crippen LogP contribution in [0.2, 0.25) is 0 Å². The van der Waals surface area contributed by atoms with Gasteiger partial charge < -0.3 is 31.1 Å². The standard InChI is InChI=1S/C32H50N4O7/c1-19(2)23(18-20(3)27(39)34-22(30(42)43)16-17-24(37)38)36(10)29(41)26(31(4,5)6)35-28(40)25(33-9)32(7,8)21-14-12-11-13-15-21/h11-15,18-19,22-23,25-26,33H,16-17H2,1-10H3,(H,34,39)(H,35,40)(H,37,38)(H,42,43)/b20-18+/t22-,23-,25-,26?/m1/s1.